The Labute approximate surface area is 173 Å². The highest BCUT2D eigenvalue weighted by molar-refractivity contribution is 6.15. The summed E-state index contributed by atoms with van der Waals surface area (Å²) in [7, 11) is 0. The molecule has 3 heterocycles. The highest BCUT2D eigenvalue weighted by atomic mass is 16.3. The van der Waals surface area contributed by atoms with Crippen LogP contribution in [0.15, 0.2) is 17.8 Å². The van der Waals surface area contributed by atoms with Crippen molar-refractivity contribution in [1.82, 2.24) is 19.9 Å². The van der Waals surface area contributed by atoms with E-state index in [1.807, 2.05) is 6.07 Å². The van der Waals surface area contributed by atoms with Gasteiger partial charge >= 0.3 is 0 Å². The van der Waals surface area contributed by atoms with Gasteiger partial charge in [0.2, 0.25) is 5.91 Å². The first-order chi connectivity index (χ1) is 14.5. The highest BCUT2D eigenvalue weighted by Crippen LogP contribution is 2.38. The maximum absolute atomic E-state index is 12.0. The second-order valence-electron chi connectivity index (χ2n) is 8.72. The van der Waals surface area contributed by atoms with Crippen LogP contribution in [0.3, 0.4) is 0 Å². The molecular formula is C21H26N6O3. The summed E-state index contributed by atoms with van der Waals surface area (Å²) in [6.07, 6.45) is 9.99. The molecule has 2 aromatic rings. The number of fused-ring (bicyclic) bond motifs is 1. The third-order valence-electron chi connectivity index (χ3n) is 6.30. The van der Waals surface area contributed by atoms with Gasteiger partial charge in [-0.15, -0.1) is 0 Å². The topological polar surface area (TPSA) is 121 Å². The summed E-state index contributed by atoms with van der Waals surface area (Å²) in [6.45, 7) is 0.833. The molecule has 3 fully saturated rings. The van der Waals surface area contributed by atoms with Crippen molar-refractivity contribution in [2.75, 3.05) is 23.8 Å². The maximum atomic E-state index is 12.0. The molecule has 4 N–H and O–H groups in total. The Morgan fingerprint density at radius 3 is 2.77 bits per heavy atom. The quantitative estimate of drug-likeness (QED) is 0.405. The molecule has 0 aromatic carbocycles. The van der Waals surface area contributed by atoms with E-state index in [9.17, 15) is 14.7 Å². The van der Waals surface area contributed by atoms with Crippen LogP contribution in [0.4, 0.5) is 11.6 Å². The van der Waals surface area contributed by atoms with E-state index >= 15 is 0 Å². The van der Waals surface area contributed by atoms with Crippen LogP contribution in [0.5, 0.6) is 0 Å². The summed E-state index contributed by atoms with van der Waals surface area (Å²) in [5.74, 6) is 0.889. The summed E-state index contributed by atoms with van der Waals surface area (Å²) in [4.78, 5) is 28.2. The smallest absolute Gasteiger partial charge is 0.254 e. The Bertz CT molecular complexity index is 1030. The van der Waals surface area contributed by atoms with Crippen molar-refractivity contribution in [3.8, 4) is 0 Å². The standard InChI is InChI=1S/C21H26N6O3/c28-12-21(5-1-2-6-21)11-22-16-9-17(24-15-3-4-15)27-19(25-16)14(10-23-27)7-13-8-18(29)26-20(13)30/h7,9-10,15,24,28H,1-6,8,11-12H2,(H,22,25)(H,26,29,30)/b13-7+. The summed E-state index contributed by atoms with van der Waals surface area (Å²) in [5.41, 5.74) is 1.63. The van der Waals surface area contributed by atoms with Gasteiger partial charge in [0, 0.05) is 35.2 Å². The molecule has 9 nitrogen and oxygen atoms in total. The lowest BCUT2D eigenvalue weighted by Gasteiger charge is -2.27. The van der Waals surface area contributed by atoms with Gasteiger partial charge in [0.1, 0.15) is 11.6 Å². The molecule has 0 atom stereocenters. The van der Waals surface area contributed by atoms with Crippen molar-refractivity contribution in [2.45, 2.75) is 51.0 Å². The Hall–Kier alpha value is -2.94. The fraction of sp³-hybridized carbons (Fsp3) is 0.524. The lowest BCUT2D eigenvalue weighted by atomic mass is 9.87. The zero-order chi connectivity index (χ0) is 20.7. The van der Waals surface area contributed by atoms with Crippen molar-refractivity contribution in [3.63, 3.8) is 0 Å². The number of aliphatic hydroxyl groups excluding tert-OH is 1. The van der Waals surface area contributed by atoms with Gasteiger partial charge in [-0.3, -0.25) is 14.9 Å². The lowest BCUT2D eigenvalue weighted by molar-refractivity contribution is -0.124. The molecule has 0 unspecified atom stereocenters. The zero-order valence-electron chi connectivity index (χ0n) is 16.8. The van der Waals surface area contributed by atoms with E-state index in [-0.39, 0.29) is 30.3 Å². The minimum atomic E-state index is -0.365. The number of aliphatic hydroxyl groups is 1. The van der Waals surface area contributed by atoms with Gasteiger partial charge in [0.05, 0.1) is 19.2 Å². The van der Waals surface area contributed by atoms with E-state index in [0.29, 0.717) is 35.2 Å². The minimum Gasteiger partial charge on any atom is -0.396 e. The minimum absolute atomic E-state index is 0.0698. The highest BCUT2D eigenvalue weighted by Gasteiger charge is 2.33. The average molecular weight is 410 g/mol. The molecule has 2 amide bonds. The molecule has 5 rings (SSSR count). The van der Waals surface area contributed by atoms with Gasteiger partial charge in [-0.2, -0.15) is 9.61 Å². The van der Waals surface area contributed by atoms with Crippen LogP contribution < -0.4 is 16.0 Å². The van der Waals surface area contributed by atoms with Crippen LogP contribution in [0.2, 0.25) is 0 Å². The van der Waals surface area contributed by atoms with Gasteiger partial charge in [0.25, 0.3) is 5.91 Å². The molecule has 1 saturated heterocycles. The van der Waals surface area contributed by atoms with Gasteiger partial charge in [-0.25, -0.2) is 4.98 Å². The number of carbonyl (C=O) groups excluding carboxylic acids is 2. The molecule has 0 bridgehead atoms. The molecule has 0 spiro atoms. The average Bonchev–Trinajstić information content (AvgIpc) is 3.12. The Balaban J connectivity index is 1.48. The number of amides is 2. The number of aromatic nitrogens is 3. The molecule has 158 valence electrons. The monoisotopic (exact) mass is 410 g/mol. The molecule has 2 aromatic heterocycles. The fourth-order valence-electron chi connectivity index (χ4n) is 4.31. The first-order valence-corrected chi connectivity index (χ1v) is 10.6. The van der Waals surface area contributed by atoms with E-state index in [4.69, 9.17) is 4.98 Å². The number of imide groups is 1. The van der Waals surface area contributed by atoms with Crippen LogP contribution in [-0.4, -0.2) is 50.7 Å². The van der Waals surface area contributed by atoms with E-state index in [0.717, 1.165) is 44.3 Å². The molecule has 9 heteroatoms. The Kier molecular flexibility index (Phi) is 4.69. The normalized spacial score (nSPS) is 22.1. The molecule has 1 aliphatic heterocycles. The number of hydrogen-bond donors (Lipinski definition) is 4. The third-order valence-corrected chi connectivity index (χ3v) is 6.30. The van der Waals surface area contributed by atoms with Crippen LogP contribution in [0.25, 0.3) is 11.7 Å². The number of rotatable bonds is 7. The van der Waals surface area contributed by atoms with E-state index in [1.54, 1.807) is 16.8 Å². The SMILES string of the molecule is O=C1C/C(=C\c2cnn3c(NC4CC4)cc(NCC4(CO)CCCC4)nc23)C(=O)N1. The van der Waals surface area contributed by atoms with Crippen molar-refractivity contribution in [3.05, 3.63) is 23.4 Å². The number of anilines is 2. The first-order valence-electron chi connectivity index (χ1n) is 10.6. The third kappa shape index (κ3) is 3.65. The predicted octanol–water partition coefficient (Wildman–Crippen LogP) is 1.70. The number of nitrogens with zero attached hydrogens (tertiary/aromatic N) is 3. The van der Waals surface area contributed by atoms with E-state index in [2.05, 4.69) is 21.0 Å². The van der Waals surface area contributed by atoms with Crippen molar-refractivity contribution in [2.24, 2.45) is 5.41 Å². The number of hydrogen-bond acceptors (Lipinski definition) is 7. The molecule has 2 saturated carbocycles. The predicted molar refractivity (Wildman–Crippen MR) is 112 cm³/mol. The molecule has 2 aliphatic carbocycles. The van der Waals surface area contributed by atoms with Crippen LogP contribution in [-0.2, 0) is 9.59 Å². The van der Waals surface area contributed by atoms with Gasteiger partial charge in [-0.05, 0) is 31.8 Å². The molecule has 0 radical (unpaired) electrons. The molecule has 3 aliphatic rings. The second kappa shape index (κ2) is 7.39. The first kappa shape index (κ1) is 19.0. The lowest BCUT2D eigenvalue weighted by Crippen LogP contribution is -2.30. The summed E-state index contributed by atoms with van der Waals surface area (Å²) >= 11 is 0. The largest absolute Gasteiger partial charge is 0.396 e. The fourth-order valence-corrected chi connectivity index (χ4v) is 4.31. The van der Waals surface area contributed by atoms with Gasteiger partial charge in [-0.1, -0.05) is 12.8 Å². The van der Waals surface area contributed by atoms with Crippen molar-refractivity contribution >= 4 is 35.2 Å². The number of carbonyl (C=O) groups is 2. The summed E-state index contributed by atoms with van der Waals surface area (Å²) < 4.78 is 1.74. The summed E-state index contributed by atoms with van der Waals surface area (Å²) in [5, 5.41) is 23.6. The van der Waals surface area contributed by atoms with Gasteiger partial charge in [0.15, 0.2) is 5.65 Å². The second-order valence-corrected chi connectivity index (χ2v) is 8.72. The van der Waals surface area contributed by atoms with Crippen LogP contribution in [0, 0.1) is 5.41 Å². The zero-order valence-corrected chi connectivity index (χ0v) is 16.8. The Morgan fingerprint density at radius 1 is 1.30 bits per heavy atom. The Morgan fingerprint density at radius 2 is 2.10 bits per heavy atom. The molecule has 30 heavy (non-hydrogen) atoms. The van der Waals surface area contributed by atoms with E-state index < -0.39 is 0 Å². The van der Waals surface area contributed by atoms with E-state index in [1.165, 1.54) is 0 Å². The molecular weight excluding hydrogens is 384 g/mol. The summed E-state index contributed by atoms with van der Waals surface area (Å²) in [6, 6.07) is 2.38. The van der Waals surface area contributed by atoms with Gasteiger partial charge < -0.3 is 15.7 Å². The number of nitrogens with one attached hydrogen (secondary N) is 3. The maximum Gasteiger partial charge on any atom is 0.254 e. The van der Waals surface area contributed by atoms with Crippen molar-refractivity contribution < 1.29 is 14.7 Å². The van der Waals surface area contributed by atoms with Crippen molar-refractivity contribution in [1.29, 1.82) is 0 Å². The van der Waals surface area contributed by atoms with Crippen LogP contribution in [0.1, 0.15) is 50.5 Å². The van der Waals surface area contributed by atoms with Crippen LogP contribution >= 0.6 is 0 Å².